The number of rotatable bonds is 6. The van der Waals surface area contributed by atoms with Crippen molar-refractivity contribution < 1.29 is 8.42 Å². The molecule has 0 aliphatic rings. The molecule has 3 nitrogen and oxygen atoms in total. The van der Waals surface area contributed by atoms with E-state index in [0.29, 0.717) is 5.02 Å². The van der Waals surface area contributed by atoms with E-state index in [9.17, 15) is 8.42 Å². The quantitative estimate of drug-likeness (QED) is 0.583. The van der Waals surface area contributed by atoms with Gasteiger partial charge in [-0.05, 0) is 54.0 Å². The Morgan fingerprint density at radius 2 is 1.56 bits per heavy atom. The summed E-state index contributed by atoms with van der Waals surface area (Å²) in [4.78, 5) is 0.256. The second kappa shape index (κ2) is 8.53. The molecular weight excluding hydrogens is 378 g/mol. The van der Waals surface area contributed by atoms with Crippen LogP contribution in [0.1, 0.15) is 16.7 Å². The molecule has 0 amide bonds. The van der Waals surface area contributed by atoms with Gasteiger partial charge in [-0.3, -0.25) is 0 Å². The summed E-state index contributed by atoms with van der Waals surface area (Å²) in [5.74, 6) is 0. The van der Waals surface area contributed by atoms with Gasteiger partial charge < -0.3 is 0 Å². The average Bonchev–Trinajstić information content (AvgIpc) is 2.68. The van der Waals surface area contributed by atoms with Crippen molar-refractivity contribution in [2.45, 2.75) is 11.8 Å². The lowest BCUT2D eigenvalue weighted by molar-refractivity contribution is 0.586. The number of aryl methyl sites for hydroxylation is 1. The van der Waals surface area contributed by atoms with Crippen molar-refractivity contribution in [2.75, 3.05) is 6.54 Å². The molecule has 1 N–H and O–H groups in total. The van der Waals surface area contributed by atoms with E-state index in [1.54, 1.807) is 24.3 Å². The molecule has 0 unspecified atom stereocenters. The Balaban J connectivity index is 1.88. The van der Waals surface area contributed by atoms with E-state index >= 15 is 0 Å². The zero-order chi connectivity index (χ0) is 19.3. The van der Waals surface area contributed by atoms with Crippen LogP contribution in [0, 0.1) is 6.92 Å². The average molecular weight is 398 g/mol. The standard InChI is InChI=1S/C22H20ClNO2S/c1-17-7-13-22(14-8-17)27(25,26)24-16-20(19-5-3-2-4-6-19)15-18-9-11-21(23)12-10-18/h2-15,24H,16H2,1H3/b20-15-. The summed E-state index contributed by atoms with van der Waals surface area (Å²) in [6, 6.07) is 23.9. The molecule has 0 radical (unpaired) electrons. The molecule has 0 spiro atoms. The monoisotopic (exact) mass is 397 g/mol. The van der Waals surface area contributed by atoms with Crippen molar-refractivity contribution in [3.63, 3.8) is 0 Å². The summed E-state index contributed by atoms with van der Waals surface area (Å²) in [5.41, 5.74) is 3.79. The van der Waals surface area contributed by atoms with Gasteiger partial charge in [0.15, 0.2) is 0 Å². The van der Waals surface area contributed by atoms with Gasteiger partial charge in [-0.25, -0.2) is 13.1 Å². The lowest BCUT2D eigenvalue weighted by Gasteiger charge is -2.11. The van der Waals surface area contributed by atoms with Crippen molar-refractivity contribution >= 4 is 33.3 Å². The van der Waals surface area contributed by atoms with Crippen LogP contribution in [-0.2, 0) is 10.0 Å². The molecule has 27 heavy (non-hydrogen) atoms. The van der Waals surface area contributed by atoms with Gasteiger partial charge in [0.05, 0.1) is 4.90 Å². The van der Waals surface area contributed by atoms with Crippen molar-refractivity contribution in [2.24, 2.45) is 0 Å². The molecule has 138 valence electrons. The molecule has 0 aromatic heterocycles. The number of halogens is 1. The van der Waals surface area contributed by atoms with Gasteiger partial charge in [0.2, 0.25) is 10.0 Å². The first-order valence-corrected chi connectivity index (χ1v) is 10.4. The van der Waals surface area contributed by atoms with Crippen molar-refractivity contribution in [1.82, 2.24) is 4.72 Å². The molecule has 0 aliphatic heterocycles. The van der Waals surface area contributed by atoms with Gasteiger partial charge in [-0.2, -0.15) is 0 Å². The summed E-state index contributed by atoms with van der Waals surface area (Å²) in [6.07, 6.45) is 1.96. The normalized spacial score (nSPS) is 12.1. The van der Waals surface area contributed by atoms with E-state index in [4.69, 9.17) is 11.6 Å². The van der Waals surface area contributed by atoms with Gasteiger partial charge in [0.25, 0.3) is 0 Å². The maximum atomic E-state index is 12.6. The van der Waals surface area contributed by atoms with Crippen LogP contribution in [0.25, 0.3) is 11.6 Å². The third-order valence-electron chi connectivity index (χ3n) is 4.14. The fourth-order valence-corrected chi connectivity index (χ4v) is 3.75. The molecule has 0 heterocycles. The van der Waals surface area contributed by atoms with Crippen LogP contribution in [-0.4, -0.2) is 15.0 Å². The van der Waals surface area contributed by atoms with Gasteiger partial charge in [-0.1, -0.05) is 71.8 Å². The summed E-state index contributed by atoms with van der Waals surface area (Å²) in [5, 5.41) is 0.661. The molecule has 0 atom stereocenters. The SMILES string of the molecule is Cc1ccc(S(=O)(=O)NC/C(=C/c2ccc(Cl)cc2)c2ccccc2)cc1. The molecular formula is C22H20ClNO2S. The fourth-order valence-electron chi connectivity index (χ4n) is 2.62. The number of benzene rings is 3. The van der Waals surface area contributed by atoms with E-state index < -0.39 is 10.0 Å². The number of hydrogen-bond donors (Lipinski definition) is 1. The molecule has 0 saturated carbocycles. The molecule has 0 fully saturated rings. The highest BCUT2D eigenvalue weighted by molar-refractivity contribution is 7.89. The van der Waals surface area contributed by atoms with Gasteiger partial charge in [0, 0.05) is 11.6 Å². The first-order valence-electron chi connectivity index (χ1n) is 8.52. The van der Waals surface area contributed by atoms with Crippen molar-refractivity contribution in [3.05, 3.63) is 101 Å². The minimum absolute atomic E-state index is 0.183. The van der Waals surface area contributed by atoms with E-state index in [-0.39, 0.29) is 11.4 Å². The maximum absolute atomic E-state index is 12.6. The lowest BCUT2D eigenvalue weighted by atomic mass is 10.0. The summed E-state index contributed by atoms with van der Waals surface area (Å²) in [6.45, 7) is 2.11. The van der Waals surface area contributed by atoms with E-state index in [2.05, 4.69) is 4.72 Å². The Morgan fingerprint density at radius 1 is 0.926 bits per heavy atom. The van der Waals surface area contributed by atoms with Crippen LogP contribution in [0.15, 0.2) is 83.8 Å². The van der Waals surface area contributed by atoms with E-state index in [0.717, 1.165) is 22.3 Å². The van der Waals surface area contributed by atoms with Crippen molar-refractivity contribution in [1.29, 1.82) is 0 Å². The zero-order valence-electron chi connectivity index (χ0n) is 14.9. The first kappa shape index (κ1) is 19.4. The maximum Gasteiger partial charge on any atom is 0.240 e. The molecule has 3 aromatic carbocycles. The number of hydrogen-bond acceptors (Lipinski definition) is 2. The second-order valence-corrected chi connectivity index (χ2v) is 8.43. The lowest BCUT2D eigenvalue weighted by Crippen LogP contribution is -2.25. The fraction of sp³-hybridized carbons (Fsp3) is 0.0909. The molecule has 0 saturated heterocycles. The van der Waals surface area contributed by atoms with Crippen LogP contribution in [0.5, 0.6) is 0 Å². The van der Waals surface area contributed by atoms with Crippen molar-refractivity contribution in [3.8, 4) is 0 Å². The first-order chi connectivity index (χ1) is 12.9. The highest BCUT2D eigenvalue weighted by atomic mass is 35.5. The van der Waals surface area contributed by atoms with Crippen LogP contribution >= 0.6 is 11.6 Å². The minimum atomic E-state index is -3.59. The highest BCUT2D eigenvalue weighted by Gasteiger charge is 2.14. The molecule has 5 heteroatoms. The van der Waals surface area contributed by atoms with Gasteiger partial charge >= 0.3 is 0 Å². The highest BCUT2D eigenvalue weighted by Crippen LogP contribution is 2.20. The van der Waals surface area contributed by atoms with Crippen LogP contribution in [0.4, 0.5) is 0 Å². The van der Waals surface area contributed by atoms with E-state index in [1.165, 1.54) is 0 Å². The topological polar surface area (TPSA) is 46.2 Å². The molecule has 0 aliphatic carbocycles. The molecule has 3 aromatic rings. The summed E-state index contributed by atoms with van der Waals surface area (Å²) >= 11 is 5.95. The van der Waals surface area contributed by atoms with Gasteiger partial charge in [0.1, 0.15) is 0 Å². The van der Waals surface area contributed by atoms with Gasteiger partial charge in [-0.15, -0.1) is 0 Å². The summed E-state index contributed by atoms with van der Waals surface area (Å²) < 4.78 is 27.9. The minimum Gasteiger partial charge on any atom is -0.207 e. The predicted molar refractivity (Wildman–Crippen MR) is 112 cm³/mol. The number of nitrogens with one attached hydrogen (secondary N) is 1. The smallest absolute Gasteiger partial charge is 0.207 e. The summed E-state index contributed by atoms with van der Waals surface area (Å²) in [7, 11) is -3.59. The predicted octanol–water partition coefficient (Wildman–Crippen LogP) is 5.17. The zero-order valence-corrected chi connectivity index (χ0v) is 16.5. The Bertz CT molecular complexity index is 1030. The Hall–Kier alpha value is -2.40. The van der Waals surface area contributed by atoms with E-state index in [1.807, 2.05) is 67.6 Å². The van der Waals surface area contributed by atoms with Crippen LogP contribution < -0.4 is 4.72 Å². The largest absolute Gasteiger partial charge is 0.240 e. The van der Waals surface area contributed by atoms with Crippen LogP contribution in [0.3, 0.4) is 0 Å². The number of sulfonamides is 1. The Kier molecular flexibility index (Phi) is 6.11. The third-order valence-corrected chi connectivity index (χ3v) is 5.81. The third kappa shape index (κ3) is 5.30. The second-order valence-electron chi connectivity index (χ2n) is 6.22. The molecule has 0 bridgehead atoms. The van der Waals surface area contributed by atoms with Crippen LogP contribution in [0.2, 0.25) is 5.02 Å². The Labute approximate surface area is 165 Å². The Morgan fingerprint density at radius 3 is 2.19 bits per heavy atom. The molecule has 3 rings (SSSR count).